The molecule has 0 aliphatic rings. The number of amides is 1. The number of hydrogen-bond donors (Lipinski definition) is 5. The molecule has 3 aromatic carbocycles. The number of likely N-dealkylation sites (N-methyl/N-ethyl adjacent to an activating group) is 2. The minimum absolute atomic E-state index is 0.0682. The lowest BCUT2D eigenvalue weighted by atomic mass is 10.1. The molecule has 3 aromatic rings. The van der Waals surface area contributed by atoms with Crippen molar-refractivity contribution in [2.45, 2.75) is 13.5 Å². The smallest absolute Gasteiger partial charge is 0.341 e. The number of nitrogens with one attached hydrogen (secondary N) is 3. The van der Waals surface area contributed by atoms with Crippen molar-refractivity contribution in [1.29, 1.82) is 5.41 Å². The van der Waals surface area contributed by atoms with E-state index in [1.54, 1.807) is 42.5 Å². The first-order chi connectivity index (χ1) is 20.0. The minimum atomic E-state index is -1.11. The highest BCUT2D eigenvalue weighted by molar-refractivity contribution is 6.31. The van der Waals surface area contributed by atoms with Gasteiger partial charge in [-0.15, -0.1) is 0 Å². The van der Waals surface area contributed by atoms with Gasteiger partial charge in [-0.1, -0.05) is 11.6 Å². The first-order valence-corrected chi connectivity index (χ1v) is 13.7. The summed E-state index contributed by atoms with van der Waals surface area (Å²) < 4.78 is 11.6. The van der Waals surface area contributed by atoms with Crippen LogP contribution in [0.2, 0.25) is 5.02 Å². The van der Waals surface area contributed by atoms with E-state index < -0.39 is 18.5 Å². The fourth-order valence-corrected chi connectivity index (χ4v) is 4.19. The molecule has 3 rings (SSSR count). The van der Waals surface area contributed by atoms with Crippen molar-refractivity contribution in [2.75, 3.05) is 63.0 Å². The molecule has 0 aliphatic carbocycles. The number of carboxylic acid groups (broad SMARTS) is 1. The van der Waals surface area contributed by atoms with E-state index in [0.29, 0.717) is 51.2 Å². The van der Waals surface area contributed by atoms with Gasteiger partial charge in [0.25, 0.3) is 5.91 Å². The maximum Gasteiger partial charge on any atom is 0.341 e. The first kappa shape index (κ1) is 32.0. The molecule has 0 aliphatic heterocycles. The molecule has 12 heteroatoms. The number of amidine groups is 1. The van der Waals surface area contributed by atoms with Crippen LogP contribution in [0.4, 0.5) is 17.1 Å². The quantitative estimate of drug-likeness (QED) is 0.127. The van der Waals surface area contributed by atoms with Gasteiger partial charge in [-0.3, -0.25) is 10.2 Å². The summed E-state index contributed by atoms with van der Waals surface area (Å²) in [4.78, 5) is 28.8. The second-order valence-electron chi connectivity index (χ2n) is 9.76. The molecule has 1 amide bonds. The molecule has 42 heavy (non-hydrogen) atoms. The third-order valence-electron chi connectivity index (χ3n) is 6.23. The van der Waals surface area contributed by atoms with Crippen molar-refractivity contribution < 1.29 is 24.2 Å². The predicted octanol–water partition coefficient (Wildman–Crippen LogP) is 4.35. The Kier molecular flexibility index (Phi) is 11.4. The SMILES string of the molecule is CCOc1cc(N(C)CCN(C)C)cc(CNc2ccc(Cl)cc2C(=O)Nc2ccc(C(=N)N)cc2)c1OCC(=O)O. The van der Waals surface area contributed by atoms with Gasteiger partial charge in [-0.2, -0.15) is 0 Å². The Morgan fingerprint density at radius 3 is 2.36 bits per heavy atom. The average molecular weight is 597 g/mol. The number of nitrogen functional groups attached to an aromatic ring is 1. The molecule has 0 heterocycles. The van der Waals surface area contributed by atoms with Crippen LogP contribution in [0.5, 0.6) is 11.5 Å². The first-order valence-electron chi connectivity index (χ1n) is 13.3. The van der Waals surface area contributed by atoms with Gasteiger partial charge in [0.05, 0.1) is 12.2 Å². The van der Waals surface area contributed by atoms with Crippen LogP contribution in [0.15, 0.2) is 54.6 Å². The molecule has 224 valence electrons. The highest BCUT2D eigenvalue weighted by Crippen LogP contribution is 2.37. The summed E-state index contributed by atoms with van der Waals surface area (Å²) in [5, 5.41) is 23.3. The predicted molar refractivity (Wildman–Crippen MR) is 167 cm³/mol. The average Bonchev–Trinajstić information content (AvgIpc) is 2.94. The van der Waals surface area contributed by atoms with Crippen LogP contribution in [0, 0.1) is 5.41 Å². The number of benzene rings is 3. The lowest BCUT2D eigenvalue weighted by molar-refractivity contribution is -0.139. The molecule has 6 N–H and O–H groups in total. The van der Waals surface area contributed by atoms with E-state index in [1.807, 2.05) is 40.2 Å². The van der Waals surface area contributed by atoms with E-state index in [0.717, 1.165) is 18.8 Å². The van der Waals surface area contributed by atoms with Crippen molar-refractivity contribution in [3.05, 3.63) is 76.3 Å². The fraction of sp³-hybridized carbons (Fsp3) is 0.300. The van der Waals surface area contributed by atoms with Gasteiger partial charge in [0.2, 0.25) is 0 Å². The molecule has 0 bridgehead atoms. The summed E-state index contributed by atoms with van der Waals surface area (Å²) in [6, 6.07) is 15.3. The number of rotatable bonds is 15. The zero-order valence-electron chi connectivity index (χ0n) is 24.2. The summed E-state index contributed by atoms with van der Waals surface area (Å²) in [7, 11) is 5.96. The number of ether oxygens (including phenoxy) is 2. The van der Waals surface area contributed by atoms with Gasteiger partial charge in [-0.05, 0) is 69.6 Å². The summed E-state index contributed by atoms with van der Waals surface area (Å²) in [6.07, 6.45) is 0. The molecule has 0 spiro atoms. The van der Waals surface area contributed by atoms with Gasteiger partial charge in [0, 0.05) is 66.0 Å². The van der Waals surface area contributed by atoms with Crippen molar-refractivity contribution in [1.82, 2.24) is 4.90 Å². The molecule has 0 unspecified atom stereocenters. The maximum atomic E-state index is 13.3. The Labute approximate surface area is 250 Å². The fourth-order valence-electron chi connectivity index (χ4n) is 4.02. The Morgan fingerprint density at radius 2 is 1.74 bits per heavy atom. The summed E-state index contributed by atoms with van der Waals surface area (Å²) in [5.41, 5.74) is 8.90. The largest absolute Gasteiger partial charge is 0.490 e. The molecule has 0 saturated carbocycles. The van der Waals surface area contributed by atoms with Crippen LogP contribution in [-0.4, -0.2) is 75.2 Å². The van der Waals surface area contributed by atoms with Crippen LogP contribution in [0.25, 0.3) is 0 Å². The standard InChI is InChI=1S/C30H37ClN6O5/c1-5-41-26-16-23(37(4)13-12-36(2)3)14-20(28(26)42-18-27(38)39)17-34-25-11-8-21(31)15-24(25)30(40)35-22-9-6-19(7-10-22)29(32)33/h6-11,14-16,34H,5,12-13,17-18H2,1-4H3,(H3,32,33)(H,35,40)(H,38,39). The number of carbonyl (C=O) groups excluding carboxylic acids is 1. The lowest BCUT2D eigenvalue weighted by Gasteiger charge is -2.25. The van der Waals surface area contributed by atoms with Gasteiger partial charge < -0.3 is 40.7 Å². The van der Waals surface area contributed by atoms with E-state index in [1.165, 1.54) is 0 Å². The Balaban J connectivity index is 1.93. The minimum Gasteiger partial charge on any atom is -0.490 e. The van der Waals surface area contributed by atoms with Crippen LogP contribution >= 0.6 is 11.6 Å². The molecular formula is C30H37ClN6O5. The Morgan fingerprint density at radius 1 is 1.02 bits per heavy atom. The molecule has 0 aromatic heterocycles. The molecule has 0 saturated heterocycles. The third kappa shape index (κ3) is 9.02. The van der Waals surface area contributed by atoms with E-state index in [2.05, 4.69) is 20.4 Å². The number of anilines is 3. The number of carboxylic acids is 1. The molecule has 0 fully saturated rings. The second-order valence-corrected chi connectivity index (χ2v) is 10.2. The third-order valence-corrected chi connectivity index (χ3v) is 6.46. The van der Waals surface area contributed by atoms with Gasteiger partial charge in [-0.25, -0.2) is 4.79 Å². The van der Waals surface area contributed by atoms with Crippen molar-refractivity contribution >= 4 is 46.4 Å². The molecule has 0 radical (unpaired) electrons. The molecular weight excluding hydrogens is 560 g/mol. The van der Waals surface area contributed by atoms with E-state index >= 15 is 0 Å². The summed E-state index contributed by atoms with van der Waals surface area (Å²) >= 11 is 6.25. The van der Waals surface area contributed by atoms with Crippen LogP contribution in [0.1, 0.15) is 28.4 Å². The zero-order valence-corrected chi connectivity index (χ0v) is 24.9. The zero-order chi connectivity index (χ0) is 30.8. The molecule has 0 atom stereocenters. The highest BCUT2D eigenvalue weighted by Gasteiger charge is 2.19. The monoisotopic (exact) mass is 596 g/mol. The van der Waals surface area contributed by atoms with Crippen LogP contribution in [-0.2, 0) is 11.3 Å². The van der Waals surface area contributed by atoms with Crippen molar-refractivity contribution in [3.8, 4) is 11.5 Å². The number of aliphatic carboxylic acids is 1. The number of nitrogens with zero attached hydrogens (tertiary/aromatic N) is 2. The topological polar surface area (TPSA) is 153 Å². The summed E-state index contributed by atoms with van der Waals surface area (Å²) in [6.45, 7) is 3.42. The van der Waals surface area contributed by atoms with Gasteiger partial charge >= 0.3 is 5.97 Å². The van der Waals surface area contributed by atoms with Crippen LogP contribution < -0.4 is 30.7 Å². The Bertz CT molecular complexity index is 1410. The van der Waals surface area contributed by atoms with Gasteiger partial charge in [0.1, 0.15) is 5.84 Å². The second kappa shape index (κ2) is 14.9. The van der Waals surface area contributed by atoms with Crippen molar-refractivity contribution in [2.24, 2.45) is 5.73 Å². The normalized spacial score (nSPS) is 10.7. The Hall–Kier alpha value is -4.48. The lowest BCUT2D eigenvalue weighted by Crippen LogP contribution is -2.28. The van der Waals surface area contributed by atoms with Crippen LogP contribution in [0.3, 0.4) is 0 Å². The highest BCUT2D eigenvalue weighted by atomic mass is 35.5. The van der Waals surface area contributed by atoms with Gasteiger partial charge in [0.15, 0.2) is 18.1 Å². The van der Waals surface area contributed by atoms with E-state index in [-0.39, 0.29) is 12.4 Å². The maximum absolute atomic E-state index is 13.3. The summed E-state index contributed by atoms with van der Waals surface area (Å²) in [5.74, 6) is -0.849. The molecule has 11 nitrogen and oxygen atoms in total. The van der Waals surface area contributed by atoms with E-state index in [4.69, 9.17) is 32.2 Å². The number of carbonyl (C=O) groups is 2. The number of nitrogens with two attached hydrogens (primary N) is 1. The van der Waals surface area contributed by atoms with Crippen molar-refractivity contribution in [3.63, 3.8) is 0 Å². The van der Waals surface area contributed by atoms with E-state index in [9.17, 15) is 14.7 Å². The number of halogens is 1. The number of hydrogen-bond acceptors (Lipinski definition) is 8.